The van der Waals surface area contributed by atoms with Crippen LogP contribution in [0.5, 0.6) is 0 Å². The Bertz CT molecular complexity index is 365. The van der Waals surface area contributed by atoms with Gasteiger partial charge >= 0.3 is 0 Å². The summed E-state index contributed by atoms with van der Waals surface area (Å²) in [5.74, 6) is 1.32. The number of rotatable bonds is 6. The molecular weight excluding hydrogens is 234 g/mol. The second-order valence-electron chi connectivity index (χ2n) is 4.50. The van der Waals surface area contributed by atoms with E-state index in [0.29, 0.717) is 5.84 Å². The third-order valence-electron chi connectivity index (χ3n) is 2.67. The Morgan fingerprint density at radius 3 is 2.71 bits per heavy atom. The van der Waals surface area contributed by atoms with E-state index in [2.05, 4.69) is 10.1 Å². The summed E-state index contributed by atoms with van der Waals surface area (Å²) in [4.78, 5) is 5.20. The molecule has 0 amide bonds. The van der Waals surface area contributed by atoms with Crippen LogP contribution < -0.4 is 5.73 Å². The molecule has 0 fully saturated rings. The average Bonchev–Trinajstić information content (AvgIpc) is 2.35. The summed E-state index contributed by atoms with van der Waals surface area (Å²) >= 11 is 1.80. The number of nitrogens with zero attached hydrogens (tertiary/aromatic N) is 2. The number of hydrogen-bond acceptors (Lipinski definition) is 4. The smallest absolute Gasteiger partial charge is 0.144 e. The number of oxime groups is 1. The highest BCUT2D eigenvalue weighted by molar-refractivity contribution is 7.99. The van der Waals surface area contributed by atoms with Gasteiger partial charge in [0.15, 0.2) is 0 Å². The van der Waals surface area contributed by atoms with Crippen molar-refractivity contribution in [1.82, 2.24) is 4.98 Å². The lowest BCUT2D eigenvalue weighted by Gasteiger charge is -2.22. The molecule has 1 heterocycles. The van der Waals surface area contributed by atoms with E-state index in [-0.39, 0.29) is 5.41 Å². The molecule has 1 aromatic rings. The summed E-state index contributed by atoms with van der Waals surface area (Å²) < 4.78 is 0. The van der Waals surface area contributed by atoms with Crippen molar-refractivity contribution in [2.24, 2.45) is 16.3 Å². The first kappa shape index (κ1) is 13.8. The maximum Gasteiger partial charge on any atom is 0.144 e. The van der Waals surface area contributed by atoms with Crippen molar-refractivity contribution >= 4 is 17.6 Å². The molecule has 17 heavy (non-hydrogen) atoms. The molecule has 1 aromatic heterocycles. The largest absolute Gasteiger partial charge is 0.409 e. The molecule has 0 spiro atoms. The molecule has 0 atom stereocenters. The van der Waals surface area contributed by atoms with Gasteiger partial charge in [0, 0.05) is 22.7 Å². The SMILES string of the molecule is CC(C)(CCCSc1ccncc1)C(N)=NO. The molecule has 5 heteroatoms. The molecular formula is C12H19N3OS. The van der Waals surface area contributed by atoms with Crippen LogP contribution in [0.1, 0.15) is 26.7 Å². The van der Waals surface area contributed by atoms with Crippen molar-refractivity contribution in [3.05, 3.63) is 24.5 Å². The van der Waals surface area contributed by atoms with Gasteiger partial charge in [-0.1, -0.05) is 19.0 Å². The summed E-state index contributed by atoms with van der Waals surface area (Å²) in [6, 6.07) is 4.00. The van der Waals surface area contributed by atoms with Gasteiger partial charge in [0.25, 0.3) is 0 Å². The van der Waals surface area contributed by atoms with Gasteiger partial charge in [0.2, 0.25) is 0 Å². The van der Waals surface area contributed by atoms with E-state index in [0.717, 1.165) is 18.6 Å². The van der Waals surface area contributed by atoms with Gasteiger partial charge in [0.1, 0.15) is 5.84 Å². The summed E-state index contributed by atoms with van der Waals surface area (Å²) in [6.07, 6.45) is 5.52. The fourth-order valence-electron chi connectivity index (χ4n) is 1.40. The molecule has 0 radical (unpaired) electrons. The summed E-state index contributed by atoms with van der Waals surface area (Å²) in [7, 11) is 0. The first-order chi connectivity index (χ1) is 8.06. The highest BCUT2D eigenvalue weighted by Crippen LogP contribution is 2.25. The lowest BCUT2D eigenvalue weighted by atomic mass is 9.87. The predicted molar refractivity (Wildman–Crippen MR) is 71.4 cm³/mol. The van der Waals surface area contributed by atoms with Crippen LogP contribution in [0.15, 0.2) is 34.6 Å². The minimum absolute atomic E-state index is 0.243. The van der Waals surface area contributed by atoms with Crippen LogP contribution in [0, 0.1) is 5.41 Å². The van der Waals surface area contributed by atoms with Crippen LogP contribution in [0.2, 0.25) is 0 Å². The molecule has 0 aromatic carbocycles. The third kappa shape index (κ3) is 4.65. The van der Waals surface area contributed by atoms with Gasteiger partial charge in [-0.3, -0.25) is 4.98 Å². The van der Waals surface area contributed by atoms with Gasteiger partial charge in [-0.05, 0) is 30.7 Å². The number of aromatic nitrogens is 1. The molecule has 0 aliphatic rings. The number of amidine groups is 1. The monoisotopic (exact) mass is 253 g/mol. The maximum atomic E-state index is 8.66. The van der Waals surface area contributed by atoms with Crippen molar-refractivity contribution in [3.8, 4) is 0 Å². The van der Waals surface area contributed by atoms with E-state index >= 15 is 0 Å². The van der Waals surface area contributed by atoms with E-state index in [1.54, 1.807) is 24.2 Å². The number of pyridine rings is 1. The molecule has 0 bridgehead atoms. The van der Waals surface area contributed by atoms with Gasteiger partial charge in [0.05, 0.1) is 0 Å². The molecule has 0 aliphatic heterocycles. The van der Waals surface area contributed by atoms with Crippen molar-refractivity contribution in [1.29, 1.82) is 0 Å². The Balaban J connectivity index is 2.29. The third-order valence-corrected chi connectivity index (χ3v) is 3.76. The molecule has 1 rings (SSSR count). The molecule has 0 saturated carbocycles. The minimum atomic E-state index is -0.243. The Morgan fingerprint density at radius 2 is 2.12 bits per heavy atom. The predicted octanol–water partition coefficient (Wildman–Crippen LogP) is 2.73. The Hall–Kier alpha value is -1.23. The number of thioether (sulfide) groups is 1. The summed E-state index contributed by atoms with van der Waals surface area (Å²) in [6.45, 7) is 3.97. The van der Waals surface area contributed by atoms with Crippen molar-refractivity contribution in [2.45, 2.75) is 31.6 Å². The Morgan fingerprint density at radius 1 is 1.47 bits per heavy atom. The fourth-order valence-corrected chi connectivity index (χ4v) is 2.24. The Labute approximate surface area is 106 Å². The zero-order chi connectivity index (χ0) is 12.7. The van der Waals surface area contributed by atoms with Crippen LogP contribution in [-0.2, 0) is 0 Å². The van der Waals surface area contributed by atoms with Crippen molar-refractivity contribution < 1.29 is 5.21 Å². The van der Waals surface area contributed by atoms with Crippen molar-refractivity contribution in [3.63, 3.8) is 0 Å². The number of nitrogens with two attached hydrogens (primary N) is 1. The minimum Gasteiger partial charge on any atom is -0.409 e. The molecule has 3 N–H and O–H groups in total. The highest BCUT2D eigenvalue weighted by atomic mass is 32.2. The van der Waals surface area contributed by atoms with E-state index < -0.39 is 0 Å². The van der Waals surface area contributed by atoms with E-state index in [9.17, 15) is 0 Å². The molecule has 4 nitrogen and oxygen atoms in total. The summed E-state index contributed by atoms with van der Waals surface area (Å²) in [5, 5.41) is 11.7. The van der Waals surface area contributed by atoms with E-state index in [1.165, 1.54) is 4.90 Å². The highest BCUT2D eigenvalue weighted by Gasteiger charge is 2.22. The van der Waals surface area contributed by atoms with Crippen LogP contribution in [-0.4, -0.2) is 21.8 Å². The van der Waals surface area contributed by atoms with Gasteiger partial charge < -0.3 is 10.9 Å². The standard InChI is InChI=1S/C12H19N3OS/c1-12(2,11(13)15-16)6-3-9-17-10-4-7-14-8-5-10/h4-5,7-8,16H,3,6,9H2,1-2H3,(H2,13,15). The normalized spacial score (nSPS) is 12.7. The van der Waals surface area contributed by atoms with Crippen LogP contribution >= 0.6 is 11.8 Å². The lowest BCUT2D eigenvalue weighted by molar-refractivity contribution is 0.305. The second kappa shape index (κ2) is 6.49. The zero-order valence-corrected chi connectivity index (χ0v) is 11.1. The van der Waals surface area contributed by atoms with Crippen LogP contribution in [0.25, 0.3) is 0 Å². The van der Waals surface area contributed by atoms with Gasteiger partial charge in [-0.25, -0.2) is 0 Å². The Kier molecular flexibility index (Phi) is 5.28. The molecule has 0 saturated heterocycles. The van der Waals surface area contributed by atoms with Gasteiger partial charge in [-0.2, -0.15) is 0 Å². The molecule has 0 aliphatic carbocycles. The fraction of sp³-hybridized carbons (Fsp3) is 0.500. The van der Waals surface area contributed by atoms with Crippen LogP contribution in [0.4, 0.5) is 0 Å². The lowest BCUT2D eigenvalue weighted by Crippen LogP contribution is -2.31. The molecule has 94 valence electrons. The van der Waals surface area contributed by atoms with E-state index in [4.69, 9.17) is 10.9 Å². The first-order valence-corrected chi connectivity index (χ1v) is 6.55. The second-order valence-corrected chi connectivity index (χ2v) is 5.67. The number of hydrogen-bond donors (Lipinski definition) is 2. The van der Waals surface area contributed by atoms with E-state index in [1.807, 2.05) is 26.0 Å². The molecule has 0 unspecified atom stereocenters. The first-order valence-electron chi connectivity index (χ1n) is 5.57. The summed E-state index contributed by atoms with van der Waals surface area (Å²) in [5.41, 5.74) is 5.39. The van der Waals surface area contributed by atoms with Crippen LogP contribution in [0.3, 0.4) is 0 Å². The average molecular weight is 253 g/mol. The zero-order valence-electron chi connectivity index (χ0n) is 10.3. The topological polar surface area (TPSA) is 71.5 Å². The maximum absolute atomic E-state index is 8.66. The van der Waals surface area contributed by atoms with Crippen molar-refractivity contribution in [2.75, 3.05) is 5.75 Å². The quantitative estimate of drug-likeness (QED) is 0.204. The van der Waals surface area contributed by atoms with Gasteiger partial charge in [-0.15, -0.1) is 11.8 Å².